The molecule has 0 radical (unpaired) electrons. The first-order chi connectivity index (χ1) is 11.9. The van der Waals surface area contributed by atoms with Gasteiger partial charge in [-0.25, -0.2) is 9.50 Å². The summed E-state index contributed by atoms with van der Waals surface area (Å²) in [6.07, 6.45) is 0. The second kappa shape index (κ2) is 7.23. The highest BCUT2D eigenvalue weighted by Crippen LogP contribution is 2.20. The van der Waals surface area contributed by atoms with Crippen LogP contribution in [-0.4, -0.2) is 30.7 Å². The number of amides is 1. The molecule has 1 unspecified atom stereocenters. The number of benzene rings is 1. The van der Waals surface area contributed by atoms with Crippen LogP contribution < -0.4 is 5.32 Å². The lowest BCUT2D eigenvalue weighted by atomic mass is 10.1. The largest absolute Gasteiger partial charge is 0.351 e. The van der Waals surface area contributed by atoms with Gasteiger partial charge in [-0.05, 0) is 39.3 Å². The Morgan fingerprint density at radius 1 is 1.20 bits per heavy atom. The summed E-state index contributed by atoms with van der Waals surface area (Å²) in [5, 5.41) is 7.65. The van der Waals surface area contributed by atoms with Gasteiger partial charge in [-0.2, -0.15) is 4.98 Å². The van der Waals surface area contributed by atoms with E-state index < -0.39 is 0 Å². The topological polar surface area (TPSA) is 72.2 Å². The molecule has 7 heteroatoms. The lowest BCUT2D eigenvalue weighted by Gasteiger charge is -2.10. The van der Waals surface area contributed by atoms with Crippen LogP contribution in [0.4, 0.5) is 0 Å². The van der Waals surface area contributed by atoms with Crippen molar-refractivity contribution in [2.45, 2.75) is 44.6 Å². The molecule has 3 rings (SSSR count). The van der Waals surface area contributed by atoms with Gasteiger partial charge in [-0.15, -0.1) is 5.10 Å². The molecule has 1 atom stereocenters. The molecular weight excluding hydrogens is 334 g/mol. The number of hydrogen-bond acceptors (Lipinski definition) is 5. The van der Waals surface area contributed by atoms with Gasteiger partial charge in [0.15, 0.2) is 0 Å². The summed E-state index contributed by atoms with van der Waals surface area (Å²) in [6.45, 7) is 8.30. The van der Waals surface area contributed by atoms with Crippen LogP contribution in [-0.2, 0) is 11.3 Å². The Bertz CT molecular complexity index is 904. The predicted molar refractivity (Wildman–Crippen MR) is 98.6 cm³/mol. The molecule has 25 heavy (non-hydrogen) atoms. The zero-order valence-corrected chi connectivity index (χ0v) is 15.6. The van der Waals surface area contributed by atoms with E-state index in [2.05, 4.69) is 20.4 Å². The third kappa shape index (κ3) is 4.17. The maximum absolute atomic E-state index is 12.3. The number of nitrogens with zero attached hydrogens (tertiary/aromatic N) is 4. The van der Waals surface area contributed by atoms with E-state index in [1.165, 1.54) is 17.3 Å². The molecule has 2 heterocycles. The molecule has 0 bridgehead atoms. The average Bonchev–Trinajstić information content (AvgIpc) is 2.96. The molecule has 0 fully saturated rings. The molecule has 1 aromatic carbocycles. The van der Waals surface area contributed by atoms with E-state index in [-0.39, 0.29) is 11.2 Å². The van der Waals surface area contributed by atoms with Crippen molar-refractivity contribution in [3.05, 3.63) is 52.8 Å². The summed E-state index contributed by atoms with van der Waals surface area (Å²) in [4.78, 5) is 21.1. The fraction of sp³-hybridized carbons (Fsp3) is 0.333. The quantitative estimate of drug-likeness (QED) is 0.713. The van der Waals surface area contributed by atoms with Crippen molar-refractivity contribution >= 4 is 23.4 Å². The maximum Gasteiger partial charge on any atom is 0.253 e. The molecule has 0 aliphatic carbocycles. The van der Waals surface area contributed by atoms with Crippen LogP contribution >= 0.6 is 11.8 Å². The summed E-state index contributed by atoms with van der Waals surface area (Å²) in [7, 11) is 0. The zero-order chi connectivity index (χ0) is 18.0. The number of carbonyl (C=O) groups is 1. The van der Waals surface area contributed by atoms with Crippen molar-refractivity contribution in [3.63, 3.8) is 0 Å². The van der Waals surface area contributed by atoms with Crippen LogP contribution in [0.2, 0.25) is 0 Å². The molecule has 2 aromatic heterocycles. The first-order valence-corrected chi connectivity index (χ1v) is 9.01. The highest BCUT2D eigenvalue weighted by Gasteiger charge is 2.18. The van der Waals surface area contributed by atoms with E-state index in [4.69, 9.17) is 0 Å². The van der Waals surface area contributed by atoms with Gasteiger partial charge in [0, 0.05) is 17.9 Å². The van der Waals surface area contributed by atoms with Gasteiger partial charge in [0.2, 0.25) is 11.1 Å². The Morgan fingerprint density at radius 3 is 2.64 bits per heavy atom. The zero-order valence-electron chi connectivity index (χ0n) is 14.8. The van der Waals surface area contributed by atoms with Crippen LogP contribution in [0.3, 0.4) is 0 Å². The van der Waals surface area contributed by atoms with Gasteiger partial charge in [-0.1, -0.05) is 41.6 Å². The lowest BCUT2D eigenvalue weighted by molar-refractivity contribution is -0.120. The fourth-order valence-electron chi connectivity index (χ4n) is 2.45. The Morgan fingerprint density at radius 2 is 1.92 bits per heavy atom. The van der Waals surface area contributed by atoms with Gasteiger partial charge < -0.3 is 5.32 Å². The molecule has 0 aliphatic rings. The molecule has 130 valence electrons. The minimum absolute atomic E-state index is 0.0368. The van der Waals surface area contributed by atoms with Crippen molar-refractivity contribution < 1.29 is 4.79 Å². The summed E-state index contributed by atoms with van der Waals surface area (Å²) in [5.74, 6) is 0.526. The van der Waals surface area contributed by atoms with Gasteiger partial charge in [0.05, 0.1) is 5.25 Å². The lowest BCUT2D eigenvalue weighted by Crippen LogP contribution is -2.30. The standard InChI is InChI=1S/C18H21N5OS/c1-11-5-7-15(8-6-11)10-19-16(24)14(4)25-18-21-17-20-12(2)9-13(3)23(17)22-18/h5-9,14H,10H2,1-4H3,(H,19,24). The molecule has 0 aliphatic heterocycles. The second-order valence-corrected chi connectivity index (χ2v) is 7.42. The predicted octanol–water partition coefficient (Wildman–Crippen LogP) is 2.85. The van der Waals surface area contributed by atoms with Gasteiger partial charge in [-0.3, -0.25) is 4.79 Å². The average molecular weight is 355 g/mol. The highest BCUT2D eigenvalue weighted by molar-refractivity contribution is 8.00. The molecule has 0 spiro atoms. The van der Waals surface area contributed by atoms with E-state index in [1.807, 2.05) is 58.0 Å². The van der Waals surface area contributed by atoms with Crippen LogP contribution in [0, 0.1) is 20.8 Å². The molecular formula is C18H21N5OS. The third-order valence-corrected chi connectivity index (χ3v) is 4.79. The van der Waals surface area contributed by atoms with Crippen LogP contribution in [0.1, 0.15) is 29.4 Å². The van der Waals surface area contributed by atoms with E-state index in [1.54, 1.807) is 4.52 Å². The van der Waals surface area contributed by atoms with Crippen LogP contribution in [0.5, 0.6) is 0 Å². The highest BCUT2D eigenvalue weighted by atomic mass is 32.2. The van der Waals surface area contributed by atoms with E-state index in [0.717, 1.165) is 17.0 Å². The fourth-order valence-corrected chi connectivity index (χ4v) is 3.22. The monoisotopic (exact) mass is 355 g/mol. The Hall–Kier alpha value is -2.41. The summed E-state index contributed by atoms with van der Waals surface area (Å²) < 4.78 is 1.70. The van der Waals surface area contributed by atoms with Crippen LogP contribution in [0.25, 0.3) is 5.78 Å². The van der Waals surface area contributed by atoms with Crippen molar-refractivity contribution in [3.8, 4) is 0 Å². The molecule has 3 aromatic rings. The van der Waals surface area contributed by atoms with Crippen molar-refractivity contribution in [1.82, 2.24) is 24.9 Å². The first-order valence-electron chi connectivity index (χ1n) is 8.13. The summed E-state index contributed by atoms with van der Waals surface area (Å²) >= 11 is 1.33. The summed E-state index contributed by atoms with van der Waals surface area (Å²) in [5.41, 5.74) is 4.16. The van der Waals surface area contributed by atoms with E-state index >= 15 is 0 Å². The normalized spacial score (nSPS) is 12.3. The van der Waals surface area contributed by atoms with Crippen molar-refractivity contribution in [2.75, 3.05) is 0 Å². The molecule has 1 N–H and O–H groups in total. The number of aromatic nitrogens is 4. The number of fused-ring (bicyclic) bond motifs is 1. The SMILES string of the molecule is Cc1ccc(CNC(=O)C(C)Sc2nc3nc(C)cc(C)n3n2)cc1. The number of thioether (sulfide) groups is 1. The number of carbonyl (C=O) groups excluding carboxylic acids is 1. The number of hydrogen-bond donors (Lipinski definition) is 1. The molecule has 6 nitrogen and oxygen atoms in total. The molecule has 0 saturated carbocycles. The van der Waals surface area contributed by atoms with E-state index in [9.17, 15) is 4.79 Å². The van der Waals surface area contributed by atoms with E-state index in [0.29, 0.717) is 17.5 Å². The Balaban J connectivity index is 1.63. The first kappa shape index (κ1) is 17.4. The second-order valence-electron chi connectivity index (χ2n) is 6.11. The number of rotatable bonds is 5. The van der Waals surface area contributed by atoms with Crippen LogP contribution in [0.15, 0.2) is 35.5 Å². The maximum atomic E-state index is 12.3. The minimum Gasteiger partial charge on any atom is -0.351 e. The summed E-state index contributed by atoms with van der Waals surface area (Å²) in [6, 6.07) is 10.1. The molecule has 1 amide bonds. The van der Waals surface area contributed by atoms with Gasteiger partial charge in [0.1, 0.15) is 0 Å². The van der Waals surface area contributed by atoms with Gasteiger partial charge >= 0.3 is 0 Å². The third-order valence-electron chi connectivity index (χ3n) is 3.84. The Kier molecular flexibility index (Phi) is 5.03. The molecule has 0 saturated heterocycles. The number of aryl methyl sites for hydroxylation is 3. The number of nitrogens with one attached hydrogen (secondary N) is 1. The smallest absolute Gasteiger partial charge is 0.253 e. The minimum atomic E-state index is -0.288. The Labute approximate surface area is 151 Å². The van der Waals surface area contributed by atoms with Crippen molar-refractivity contribution in [2.24, 2.45) is 0 Å². The van der Waals surface area contributed by atoms with Gasteiger partial charge in [0.25, 0.3) is 5.78 Å². The van der Waals surface area contributed by atoms with Crippen molar-refractivity contribution in [1.29, 1.82) is 0 Å².